The van der Waals surface area contributed by atoms with E-state index >= 15 is 0 Å². The number of carbonyl (C=O) groups excluding carboxylic acids is 4. The zero-order valence-electron chi connectivity index (χ0n) is 29.8. The van der Waals surface area contributed by atoms with Crippen LogP contribution in [0.1, 0.15) is 114 Å². The summed E-state index contributed by atoms with van der Waals surface area (Å²) in [7, 11) is 1.48. The van der Waals surface area contributed by atoms with Gasteiger partial charge in [0.15, 0.2) is 0 Å². The van der Waals surface area contributed by atoms with Crippen LogP contribution in [-0.2, 0) is 19.2 Å². The van der Waals surface area contributed by atoms with Crippen LogP contribution in [0, 0.1) is 11.3 Å². The lowest BCUT2D eigenvalue weighted by atomic mass is 9.84. The number of thiol groups is 1. The van der Waals surface area contributed by atoms with E-state index in [4.69, 9.17) is 11.7 Å². The zero-order chi connectivity index (χ0) is 34.7. The minimum atomic E-state index is -0.454. The molecular formula is C34H60N6O4S2. The highest BCUT2D eigenvalue weighted by Crippen LogP contribution is 2.41. The topological polar surface area (TPSA) is 123 Å². The van der Waals surface area contributed by atoms with E-state index in [1.807, 2.05) is 33.8 Å². The normalized spacial score (nSPS) is 27.5. The van der Waals surface area contributed by atoms with Gasteiger partial charge in [0.1, 0.15) is 0 Å². The van der Waals surface area contributed by atoms with Crippen molar-refractivity contribution >= 4 is 46.1 Å². The number of rotatable bonds is 10. The summed E-state index contributed by atoms with van der Waals surface area (Å²) in [6, 6.07) is -1.07. The van der Waals surface area contributed by atoms with Gasteiger partial charge in [-0.3, -0.25) is 19.2 Å². The van der Waals surface area contributed by atoms with E-state index in [1.54, 1.807) is 10.0 Å². The summed E-state index contributed by atoms with van der Waals surface area (Å²) in [5, 5.41) is 16.6. The largest absolute Gasteiger partial charge is 0.356 e. The van der Waals surface area contributed by atoms with Crippen molar-refractivity contribution in [3.05, 3.63) is 12.2 Å². The maximum atomic E-state index is 14.1. The predicted octanol–water partition coefficient (Wildman–Crippen LogP) is 4.37. The van der Waals surface area contributed by atoms with Crippen molar-refractivity contribution in [3.63, 3.8) is 0 Å². The van der Waals surface area contributed by atoms with Gasteiger partial charge in [0.25, 0.3) is 0 Å². The molecule has 6 atom stereocenters. The number of hydrazine groups is 1. The number of carbonyl (C=O) groups is 4. The third-order valence-corrected chi connectivity index (χ3v) is 11.6. The molecule has 0 aliphatic carbocycles. The summed E-state index contributed by atoms with van der Waals surface area (Å²) in [6.07, 6.45) is 7.83. The van der Waals surface area contributed by atoms with Crippen LogP contribution in [-0.4, -0.2) is 86.7 Å². The van der Waals surface area contributed by atoms with Crippen molar-refractivity contribution in [2.24, 2.45) is 11.3 Å². The fourth-order valence-corrected chi connectivity index (χ4v) is 7.69. The second-order valence-corrected chi connectivity index (χ2v) is 18.3. The summed E-state index contributed by atoms with van der Waals surface area (Å²) in [4.78, 5) is 53.3. The molecule has 2 saturated heterocycles. The summed E-state index contributed by atoms with van der Waals surface area (Å²) < 4.78 is -0.327. The van der Waals surface area contributed by atoms with Crippen LogP contribution < -0.4 is 21.3 Å². The van der Waals surface area contributed by atoms with Gasteiger partial charge in [-0.1, -0.05) is 43.7 Å². The molecule has 3 aliphatic rings. The number of amides is 4. The maximum Gasteiger partial charge on any atom is 0.246 e. The van der Waals surface area contributed by atoms with Crippen molar-refractivity contribution in [1.29, 1.82) is 0 Å². The van der Waals surface area contributed by atoms with Gasteiger partial charge in [0.05, 0.1) is 24.5 Å². The molecule has 46 heavy (non-hydrogen) atoms. The number of hydrogen-bond acceptors (Lipinski definition) is 8. The average Bonchev–Trinajstić information content (AvgIpc) is 3.00. The first kappa shape index (κ1) is 38.7. The molecule has 3 aliphatic heterocycles. The van der Waals surface area contributed by atoms with E-state index < -0.39 is 11.6 Å². The molecule has 6 unspecified atom stereocenters. The molecule has 0 aromatic heterocycles. The first-order valence-electron chi connectivity index (χ1n) is 16.9. The van der Waals surface area contributed by atoms with E-state index in [0.29, 0.717) is 38.8 Å². The first-order chi connectivity index (χ1) is 21.1. The molecule has 12 heteroatoms. The molecular weight excluding hydrogens is 621 g/mol. The van der Waals surface area contributed by atoms with Gasteiger partial charge in [-0.15, -0.1) is 11.7 Å². The molecule has 2 fully saturated rings. The number of hydrogen-bond donors (Lipinski definition) is 5. The molecule has 0 bridgehead atoms. The number of fused-ring (bicyclic) bond motifs is 1. The van der Waals surface area contributed by atoms with Crippen molar-refractivity contribution in [2.45, 2.75) is 154 Å². The Labute approximate surface area is 286 Å². The Morgan fingerprint density at radius 1 is 1.02 bits per heavy atom. The quantitative estimate of drug-likeness (QED) is 0.132. The molecule has 0 radical (unpaired) electrons. The summed E-state index contributed by atoms with van der Waals surface area (Å²) >= 11 is 4.71. The molecule has 10 nitrogen and oxygen atoms in total. The fraction of sp³-hybridized carbons (Fsp3) is 0.824. The summed E-state index contributed by atoms with van der Waals surface area (Å²) in [5.74, 6) is -0.464. The standard InChI is InChI=1S/C34H60N6O4S2/c1-22(37-32(5,6)7)24-13-14-28(42)39-19-11-12-23(40(39)30(24)44)21-34(10,46-45)17-16-33(8,9)38-25-15-18-35-27(41)20-26(31(2,3)4)36-29(25)43/h11-12,22-26,37-38,45H,13-21H2,1-10H3,(H,35,41)(H,36,43). The highest BCUT2D eigenvalue weighted by Gasteiger charge is 2.44. The molecule has 0 spiro atoms. The minimum Gasteiger partial charge on any atom is -0.356 e. The number of nitrogens with zero attached hydrogens (tertiary/aromatic N) is 2. The zero-order valence-corrected chi connectivity index (χ0v) is 31.5. The van der Waals surface area contributed by atoms with Crippen LogP contribution in [0.3, 0.4) is 0 Å². The highest BCUT2D eigenvalue weighted by atomic mass is 33.1. The predicted molar refractivity (Wildman–Crippen MR) is 190 cm³/mol. The second kappa shape index (κ2) is 15.2. The summed E-state index contributed by atoms with van der Waals surface area (Å²) in [5.41, 5.74) is -0.812. The van der Waals surface area contributed by atoms with Gasteiger partial charge in [-0.25, -0.2) is 10.0 Å². The second-order valence-electron chi connectivity index (χ2n) is 16.6. The molecule has 4 amide bonds. The maximum absolute atomic E-state index is 14.1. The Hall–Kier alpha value is -1.76. The van der Waals surface area contributed by atoms with Crippen molar-refractivity contribution in [1.82, 2.24) is 31.3 Å². The number of nitrogens with one attached hydrogen (secondary N) is 4. The Balaban J connectivity index is 1.74. The minimum absolute atomic E-state index is 0.00942. The van der Waals surface area contributed by atoms with E-state index in [9.17, 15) is 19.2 Å². The fourth-order valence-electron chi connectivity index (χ4n) is 6.75. The van der Waals surface area contributed by atoms with Crippen LogP contribution in [0.2, 0.25) is 0 Å². The van der Waals surface area contributed by atoms with E-state index in [-0.39, 0.29) is 69.8 Å². The van der Waals surface area contributed by atoms with Crippen LogP contribution in [0.4, 0.5) is 0 Å². The molecule has 0 saturated carbocycles. The van der Waals surface area contributed by atoms with Crippen LogP contribution in [0.15, 0.2) is 12.2 Å². The van der Waals surface area contributed by atoms with E-state index in [0.717, 1.165) is 12.8 Å². The SMILES string of the molecule is CC(NC(C)(C)C)C1CCC(=O)N2CC=CC(CC(C)(CCC(C)(C)NC3CCNC(=O)CC(C(C)(C)C)NC3=O)SS)N2C1=O. The summed E-state index contributed by atoms with van der Waals surface area (Å²) in [6.45, 7) is 21.6. The highest BCUT2D eigenvalue weighted by molar-refractivity contribution is 8.69. The van der Waals surface area contributed by atoms with Crippen LogP contribution in [0.5, 0.6) is 0 Å². The smallest absolute Gasteiger partial charge is 0.246 e. The lowest BCUT2D eigenvalue weighted by Crippen LogP contribution is -2.59. The lowest BCUT2D eigenvalue weighted by Gasteiger charge is -2.45. The molecule has 0 aromatic carbocycles. The van der Waals surface area contributed by atoms with Gasteiger partial charge in [-0.05, 0) is 86.0 Å². The van der Waals surface area contributed by atoms with Gasteiger partial charge in [-0.2, -0.15) is 0 Å². The van der Waals surface area contributed by atoms with Gasteiger partial charge in [0.2, 0.25) is 23.6 Å². The van der Waals surface area contributed by atoms with Gasteiger partial charge >= 0.3 is 0 Å². The van der Waals surface area contributed by atoms with E-state index in [1.165, 1.54) is 10.8 Å². The van der Waals surface area contributed by atoms with Gasteiger partial charge < -0.3 is 21.3 Å². The molecule has 3 rings (SSSR count). The van der Waals surface area contributed by atoms with Crippen molar-refractivity contribution in [2.75, 3.05) is 13.1 Å². The van der Waals surface area contributed by atoms with Gasteiger partial charge in [0, 0.05) is 47.3 Å². The molecule has 0 aromatic rings. The Morgan fingerprint density at radius 2 is 1.70 bits per heavy atom. The third kappa shape index (κ3) is 10.6. The lowest BCUT2D eigenvalue weighted by molar-refractivity contribution is -0.167. The molecule has 3 heterocycles. The average molecular weight is 681 g/mol. The molecule has 4 N–H and O–H groups in total. The Kier molecular flexibility index (Phi) is 12.8. The van der Waals surface area contributed by atoms with Crippen molar-refractivity contribution in [3.8, 4) is 0 Å². The van der Waals surface area contributed by atoms with E-state index in [2.05, 4.69) is 68.9 Å². The Bertz CT molecular complexity index is 1150. The van der Waals surface area contributed by atoms with Crippen molar-refractivity contribution < 1.29 is 19.2 Å². The first-order valence-corrected chi connectivity index (χ1v) is 18.8. The van der Waals surface area contributed by atoms with Crippen LogP contribution in [0.25, 0.3) is 0 Å². The monoisotopic (exact) mass is 680 g/mol. The van der Waals surface area contributed by atoms with Crippen LogP contribution >= 0.6 is 22.5 Å². The molecule has 262 valence electrons. The third-order valence-electron chi connectivity index (χ3n) is 9.50. The Morgan fingerprint density at radius 3 is 2.30 bits per heavy atom.